The summed E-state index contributed by atoms with van der Waals surface area (Å²) in [6.07, 6.45) is 0. The Kier molecular flexibility index (Phi) is 5.45. The number of hydrogen-bond donors (Lipinski definition) is 0. The first-order chi connectivity index (χ1) is 22.8. The van der Waals surface area contributed by atoms with E-state index in [1.165, 1.54) is 15.5 Å². The van der Waals surface area contributed by atoms with Gasteiger partial charge in [-0.25, -0.2) is 9.97 Å². The van der Waals surface area contributed by atoms with E-state index in [1.807, 2.05) is 6.07 Å². The normalized spacial score (nSPS) is 11.9. The van der Waals surface area contributed by atoms with E-state index >= 15 is 0 Å². The smallest absolute Gasteiger partial charge is 0.161 e. The summed E-state index contributed by atoms with van der Waals surface area (Å²) in [6, 6.07) is 51.2. The van der Waals surface area contributed by atoms with Crippen LogP contribution in [0, 0.1) is 0 Å². The van der Waals surface area contributed by atoms with Gasteiger partial charge in [0.15, 0.2) is 5.82 Å². The van der Waals surface area contributed by atoms with E-state index in [-0.39, 0.29) is 0 Å². The number of hydrogen-bond acceptors (Lipinski definition) is 4. The molecule has 3 nitrogen and oxygen atoms in total. The number of furan rings is 1. The van der Waals surface area contributed by atoms with Crippen LogP contribution in [-0.2, 0) is 0 Å². The lowest BCUT2D eigenvalue weighted by molar-refractivity contribution is 0.674. The van der Waals surface area contributed by atoms with Crippen molar-refractivity contribution < 1.29 is 4.42 Å². The predicted molar refractivity (Wildman–Crippen MR) is 194 cm³/mol. The van der Waals surface area contributed by atoms with Crippen LogP contribution in [0.25, 0.3) is 97.6 Å². The first-order valence-corrected chi connectivity index (χ1v) is 16.2. The van der Waals surface area contributed by atoms with Crippen LogP contribution in [-0.4, -0.2) is 9.97 Å². The fourth-order valence-corrected chi connectivity index (χ4v) is 8.05. The summed E-state index contributed by atoms with van der Waals surface area (Å²) in [4.78, 5) is 10.7. The van der Waals surface area contributed by atoms with Crippen molar-refractivity contribution in [2.24, 2.45) is 0 Å². The molecule has 4 heteroatoms. The van der Waals surface area contributed by atoms with Crippen molar-refractivity contribution in [2.45, 2.75) is 0 Å². The Bertz CT molecular complexity index is 2810. The summed E-state index contributed by atoms with van der Waals surface area (Å²) >= 11 is 1.76. The van der Waals surface area contributed by atoms with Gasteiger partial charge in [0, 0.05) is 42.9 Å². The molecule has 0 bridgehead atoms. The lowest BCUT2D eigenvalue weighted by atomic mass is 9.98. The second kappa shape index (κ2) is 9.83. The van der Waals surface area contributed by atoms with Crippen LogP contribution in [0.2, 0.25) is 0 Å². The molecule has 3 heterocycles. The molecule has 0 aliphatic heterocycles. The van der Waals surface area contributed by atoms with Crippen LogP contribution < -0.4 is 0 Å². The van der Waals surface area contributed by atoms with E-state index in [4.69, 9.17) is 14.4 Å². The number of benzene rings is 7. The van der Waals surface area contributed by atoms with E-state index in [0.29, 0.717) is 5.82 Å². The molecule has 0 N–H and O–H groups in total. The zero-order valence-corrected chi connectivity index (χ0v) is 25.4. The fourth-order valence-electron chi connectivity index (χ4n) is 6.89. The molecular weight excluding hydrogens is 581 g/mol. The quantitative estimate of drug-likeness (QED) is 0.201. The molecule has 0 fully saturated rings. The van der Waals surface area contributed by atoms with E-state index < -0.39 is 0 Å². The van der Waals surface area contributed by atoms with Gasteiger partial charge in [0.2, 0.25) is 0 Å². The van der Waals surface area contributed by atoms with Crippen molar-refractivity contribution in [3.63, 3.8) is 0 Å². The second-order valence-electron chi connectivity index (χ2n) is 11.7. The molecule has 0 saturated carbocycles. The average molecular weight is 605 g/mol. The first-order valence-electron chi connectivity index (χ1n) is 15.4. The minimum atomic E-state index is 0.714. The first kappa shape index (κ1) is 25.5. The van der Waals surface area contributed by atoms with E-state index in [9.17, 15) is 0 Å². The van der Waals surface area contributed by atoms with Gasteiger partial charge in [-0.3, -0.25) is 0 Å². The van der Waals surface area contributed by atoms with Crippen molar-refractivity contribution >= 4 is 75.1 Å². The third-order valence-electron chi connectivity index (χ3n) is 9.07. The Labute approximate surface area is 268 Å². The predicted octanol–water partition coefficient (Wildman–Crippen LogP) is 12.1. The minimum absolute atomic E-state index is 0.714. The molecule has 214 valence electrons. The van der Waals surface area contributed by atoms with Gasteiger partial charge in [0.05, 0.1) is 15.9 Å². The maximum atomic E-state index is 6.75. The van der Waals surface area contributed by atoms with Gasteiger partial charge in [-0.1, -0.05) is 127 Å². The topological polar surface area (TPSA) is 38.9 Å². The third-order valence-corrected chi connectivity index (χ3v) is 10.2. The maximum Gasteiger partial charge on any atom is 0.161 e. The molecule has 46 heavy (non-hydrogen) atoms. The molecule has 0 spiro atoms. The molecule has 3 aromatic heterocycles. The van der Waals surface area contributed by atoms with Crippen LogP contribution >= 0.6 is 11.3 Å². The van der Waals surface area contributed by atoms with E-state index in [1.54, 1.807) is 11.3 Å². The highest BCUT2D eigenvalue weighted by molar-refractivity contribution is 7.26. The van der Waals surface area contributed by atoms with Crippen molar-refractivity contribution in [1.82, 2.24) is 9.97 Å². The van der Waals surface area contributed by atoms with Gasteiger partial charge in [0.25, 0.3) is 0 Å². The highest BCUT2D eigenvalue weighted by Crippen LogP contribution is 2.44. The Morgan fingerprint density at radius 1 is 0.457 bits per heavy atom. The summed E-state index contributed by atoms with van der Waals surface area (Å²) in [5.41, 5.74) is 8.02. The van der Waals surface area contributed by atoms with Crippen LogP contribution in [0.4, 0.5) is 0 Å². The van der Waals surface area contributed by atoms with Crippen LogP contribution in [0.3, 0.4) is 0 Å². The standard InChI is InChI=1S/C42H24N2OS/c1-2-12-26(13-3-1)29-18-10-19-32-34-24-35(30-15-6-7-16-31(30)40(34)45-39(29)32)42-43-37(28-22-21-25-11-4-5-14-27(25)23-28)41-38(44-42)33-17-8-9-20-36(33)46-41/h1-24H. The molecule has 0 amide bonds. The number of fused-ring (bicyclic) bond motifs is 9. The molecular formula is C42H24N2OS. The molecule has 10 aromatic rings. The molecule has 0 aliphatic rings. The number of para-hydroxylation sites is 1. The number of nitrogens with zero attached hydrogens (tertiary/aromatic N) is 2. The highest BCUT2D eigenvalue weighted by Gasteiger charge is 2.21. The van der Waals surface area contributed by atoms with Crippen molar-refractivity contribution in [1.29, 1.82) is 0 Å². The van der Waals surface area contributed by atoms with E-state index in [0.717, 1.165) is 76.3 Å². The third kappa shape index (κ3) is 3.77. The molecule has 0 saturated heterocycles. The zero-order chi connectivity index (χ0) is 30.2. The minimum Gasteiger partial charge on any atom is -0.455 e. The molecule has 7 aromatic carbocycles. The molecule has 0 aliphatic carbocycles. The van der Waals surface area contributed by atoms with Gasteiger partial charge in [-0.2, -0.15) is 0 Å². The SMILES string of the molecule is c1ccc(-c2cccc3c2oc2c4ccccc4c(-c4nc(-c5ccc6ccccc6c5)c5sc6ccccc6c5n4)cc32)cc1. The molecule has 0 radical (unpaired) electrons. The number of rotatable bonds is 3. The largest absolute Gasteiger partial charge is 0.455 e. The van der Waals surface area contributed by atoms with Gasteiger partial charge in [-0.05, 0) is 39.9 Å². The number of aromatic nitrogens is 2. The molecule has 10 rings (SSSR count). The van der Waals surface area contributed by atoms with Crippen molar-refractivity contribution in [3.8, 4) is 33.8 Å². The van der Waals surface area contributed by atoms with Gasteiger partial charge < -0.3 is 4.42 Å². The summed E-state index contributed by atoms with van der Waals surface area (Å²) in [6.45, 7) is 0. The molecule has 0 atom stereocenters. The van der Waals surface area contributed by atoms with Gasteiger partial charge in [-0.15, -0.1) is 11.3 Å². The highest BCUT2D eigenvalue weighted by atomic mass is 32.1. The van der Waals surface area contributed by atoms with Gasteiger partial charge in [0.1, 0.15) is 11.2 Å². The summed E-state index contributed by atoms with van der Waals surface area (Å²) < 4.78 is 9.06. The zero-order valence-electron chi connectivity index (χ0n) is 24.6. The van der Waals surface area contributed by atoms with Crippen LogP contribution in [0.15, 0.2) is 150 Å². The van der Waals surface area contributed by atoms with Gasteiger partial charge >= 0.3 is 0 Å². The summed E-state index contributed by atoms with van der Waals surface area (Å²) in [5, 5.41) is 7.83. The lowest BCUT2D eigenvalue weighted by Crippen LogP contribution is -1.95. The summed E-state index contributed by atoms with van der Waals surface area (Å²) in [7, 11) is 0. The van der Waals surface area contributed by atoms with Crippen LogP contribution in [0.1, 0.15) is 0 Å². The van der Waals surface area contributed by atoms with Crippen LogP contribution in [0.5, 0.6) is 0 Å². The molecule has 0 unspecified atom stereocenters. The monoisotopic (exact) mass is 604 g/mol. The fraction of sp³-hybridized carbons (Fsp3) is 0. The average Bonchev–Trinajstić information content (AvgIpc) is 3.70. The Morgan fingerprint density at radius 3 is 2.07 bits per heavy atom. The Hall–Kier alpha value is -5.84. The Morgan fingerprint density at radius 2 is 1.17 bits per heavy atom. The maximum absolute atomic E-state index is 6.75. The van der Waals surface area contributed by atoms with Crippen molar-refractivity contribution in [3.05, 3.63) is 146 Å². The Balaban J connectivity index is 1.30. The lowest BCUT2D eigenvalue weighted by Gasteiger charge is -2.11. The summed E-state index contributed by atoms with van der Waals surface area (Å²) in [5.74, 6) is 0.714. The second-order valence-corrected chi connectivity index (χ2v) is 12.8. The van der Waals surface area contributed by atoms with E-state index in [2.05, 4.69) is 140 Å². The van der Waals surface area contributed by atoms with Crippen molar-refractivity contribution in [2.75, 3.05) is 0 Å². The number of thiophene rings is 1.